The summed E-state index contributed by atoms with van der Waals surface area (Å²) in [5.41, 5.74) is 1.66. The number of benzene rings is 2. The van der Waals surface area contributed by atoms with Gasteiger partial charge in [-0.25, -0.2) is 0 Å². The fraction of sp³-hybridized carbons (Fsp3) is 0.318. The van der Waals surface area contributed by atoms with Gasteiger partial charge in [0.05, 0.1) is 11.1 Å². The molecule has 30 heavy (non-hydrogen) atoms. The monoisotopic (exact) mass is 491 g/mol. The van der Waals surface area contributed by atoms with Crippen molar-refractivity contribution in [2.24, 2.45) is 5.92 Å². The average molecular weight is 492 g/mol. The molecule has 0 aliphatic heterocycles. The molecule has 0 saturated heterocycles. The molecule has 2 aromatic carbocycles. The van der Waals surface area contributed by atoms with Gasteiger partial charge in [-0.3, -0.25) is 14.9 Å². The zero-order valence-electron chi connectivity index (χ0n) is 17.4. The molecule has 160 valence electrons. The maximum absolute atomic E-state index is 12.5. The zero-order chi connectivity index (χ0) is 22.3. The molecule has 2 rings (SSSR count). The number of anilines is 1. The first-order valence-electron chi connectivity index (χ1n) is 9.61. The van der Waals surface area contributed by atoms with Crippen molar-refractivity contribution in [3.05, 3.63) is 58.1 Å². The third-order valence-electron chi connectivity index (χ3n) is 3.82. The molecule has 0 saturated carbocycles. The van der Waals surface area contributed by atoms with Gasteiger partial charge in [-0.15, -0.1) is 0 Å². The van der Waals surface area contributed by atoms with Gasteiger partial charge < -0.3 is 15.4 Å². The molecule has 0 atom stereocenters. The van der Waals surface area contributed by atoms with Gasteiger partial charge in [-0.05, 0) is 90.4 Å². The van der Waals surface area contributed by atoms with E-state index in [0.29, 0.717) is 39.6 Å². The van der Waals surface area contributed by atoms with Crippen LogP contribution in [0.4, 0.5) is 5.69 Å². The lowest BCUT2D eigenvalue weighted by molar-refractivity contribution is 0.0941. The van der Waals surface area contributed by atoms with E-state index in [9.17, 15) is 9.59 Å². The molecule has 2 aromatic rings. The summed E-state index contributed by atoms with van der Waals surface area (Å²) in [6, 6.07) is 12.0. The standard InChI is InChI=1S/C22H26BrN3O3S/c1-13(2)12-29-19-10-7-16(11-18(19)23)21(28)26-22(30)25-17-8-5-15(6-9-17)20(27)24-14(3)4/h5-11,13-14H,12H2,1-4H3,(H,24,27)(H2,25,26,28,30). The quantitative estimate of drug-likeness (QED) is 0.487. The number of nitrogens with one attached hydrogen (secondary N) is 3. The maximum atomic E-state index is 12.5. The van der Waals surface area contributed by atoms with E-state index in [1.165, 1.54) is 0 Å². The zero-order valence-corrected chi connectivity index (χ0v) is 19.8. The lowest BCUT2D eigenvalue weighted by Crippen LogP contribution is -2.34. The number of hydrogen-bond donors (Lipinski definition) is 3. The smallest absolute Gasteiger partial charge is 0.257 e. The second-order valence-electron chi connectivity index (χ2n) is 7.46. The molecule has 0 aliphatic carbocycles. The van der Waals surface area contributed by atoms with Crippen molar-refractivity contribution in [2.45, 2.75) is 33.7 Å². The summed E-state index contributed by atoms with van der Waals surface area (Å²) in [5, 5.41) is 8.58. The van der Waals surface area contributed by atoms with Crippen LogP contribution >= 0.6 is 28.1 Å². The van der Waals surface area contributed by atoms with Gasteiger partial charge in [0.2, 0.25) is 0 Å². The number of ether oxygens (including phenoxy) is 1. The first kappa shape index (κ1) is 23.8. The number of halogens is 1. The summed E-state index contributed by atoms with van der Waals surface area (Å²) in [5.74, 6) is 0.611. The molecular weight excluding hydrogens is 466 g/mol. The minimum absolute atomic E-state index is 0.0639. The highest BCUT2D eigenvalue weighted by Crippen LogP contribution is 2.26. The van der Waals surface area contributed by atoms with Crippen molar-refractivity contribution in [1.29, 1.82) is 0 Å². The SMILES string of the molecule is CC(C)COc1ccc(C(=O)NC(=S)Nc2ccc(C(=O)NC(C)C)cc2)cc1Br. The van der Waals surface area contributed by atoms with Crippen molar-refractivity contribution in [3.8, 4) is 5.75 Å². The number of rotatable bonds is 7. The topological polar surface area (TPSA) is 79.5 Å². The van der Waals surface area contributed by atoms with Gasteiger partial charge in [0.15, 0.2) is 5.11 Å². The van der Waals surface area contributed by atoms with E-state index >= 15 is 0 Å². The molecule has 0 unspecified atom stereocenters. The van der Waals surface area contributed by atoms with Crippen molar-refractivity contribution < 1.29 is 14.3 Å². The third kappa shape index (κ3) is 7.42. The molecular formula is C22H26BrN3O3S. The van der Waals surface area contributed by atoms with Crippen LogP contribution in [0.2, 0.25) is 0 Å². The Morgan fingerprint density at radius 3 is 2.20 bits per heavy atom. The van der Waals surface area contributed by atoms with E-state index in [0.717, 1.165) is 0 Å². The van der Waals surface area contributed by atoms with Gasteiger partial charge in [-0.2, -0.15) is 0 Å². The van der Waals surface area contributed by atoms with Crippen LogP contribution in [0, 0.1) is 5.92 Å². The van der Waals surface area contributed by atoms with E-state index in [1.54, 1.807) is 42.5 Å². The molecule has 0 aromatic heterocycles. The Labute approximate surface area is 190 Å². The van der Waals surface area contributed by atoms with Gasteiger partial charge in [-0.1, -0.05) is 13.8 Å². The summed E-state index contributed by atoms with van der Waals surface area (Å²) in [6.45, 7) is 8.53. The second kappa shape index (κ2) is 11.1. The van der Waals surface area contributed by atoms with E-state index in [-0.39, 0.29) is 23.0 Å². The van der Waals surface area contributed by atoms with Crippen LogP contribution in [-0.4, -0.2) is 29.6 Å². The van der Waals surface area contributed by atoms with Gasteiger partial charge in [0, 0.05) is 22.9 Å². The van der Waals surface area contributed by atoms with E-state index in [1.807, 2.05) is 13.8 Å². The Bertz CT molecular complexity index is 914. The van der Waals surface area contributed by atoms with E-state index < -0.39 is 0 Å². The summed E-state index contributed by atoms with van der Waals surface area (Å²) < 4.78 is 6.39. The Hall–Kier alpha value is -2.45. The summed E-state index contributed by atoms with van der Waals surface area (Å²) in [6.07, 6.45) is 0. The highest BCUT2D eigenvalue weighted by molar-refractivity contribution is 9.10. The van der Waals surface area contributed by atoms with Crippen molar-refractivity contribution in [1.82, 2.24) is 10.6 Å². The van der Waals surface area contributed by atoms with Gasteiger partial charge in [0.25, 0.3) is 11.8 Å². The first-order valence-corrected chi connectivity index (χ1v) is 10.8. The predicted molar refractivity (Wildman–Crippen MR) is 127 cm³/mol. The Morgan fingerprint density at radius 2 is 1.63 bits per heavy atom. The lowest BCUT2D eigenvalue weighted by Gasteiger charge is -2.13. The molecule has 2 amide bonds. The van der Waals surface area contributed by atoms with Crippen molar-refractivity contribution in [3.63, 3.8) is 0 Å². The van der Waals surface area contributed by atoms with Crippen LogP contribution in [0.15, 0.2) is 46.9 Å². The second-order valence-corrected chi connectivity index (χ2v) is 8.73. The molecule has 0 aliphatic rings. The third-order valence-corrected chi connectivity index (χ3v) is 4.64. The summed E-state index contributed by atoms with van der Waals surface area (Å²) in [4.78, 5) is 24.5. The number of amides is 2. The van der Waals surface area contributed by atoms with Crippen molar-refractivity contribution >= 4 is 50.8 Å². The minimum Gasteiger partial charge on any atom is -0.492 e. The Morgan fingerprint density at radius 1 is 1.00 bits per heavy atom. The van der Waals surface area contributed by atoms with E-state index in [2.05, 4.69) is 45.7 Å². The fourth-order valence-corrected chi connectivity index (χ4v) is 3.11. The predicted octanol–water partition coefficient (Wildman–Crippen LogP) is 4.75. The van der Waals surface area contributed by atoms with Crippen LogP contribution in [0.25, 0.3) is 0 Å². The van der Waals surface area contributed by atoms with Crippen molar-refractivity contribution in [2.75, 3.05) is 11.9 Å². The summed E-state index contributed by atoms with van der Waals surface area (Å²) in [7, 11) is 0. The normalized spacial score (nSPS) is 10.6. The maximum Gasteiger partial charge on any atom is 0.257 e. The van der Waals surface area contributed by atoms with Crippen LogP contribution in [0.5, 0.6) is 5.75 Å². The molecule has 0 radical (unpaired) electrons. The van der Waals surface area contributed by atoms with Gasteiger partial charge >= 0.3 is 0 Å². The largest absolute Gasteiger partial charge is 0.492 e. The van der Waals surface area contributed by atoms with Crippen LogP contribution in [0.3, 0.4) is 0 Å². The molecule has 3 N–H and O–H groups in total. The Kier molecular flexibility index (Phi) is 8.80. The van der Waals surface area contributed by atoms with Crippen LogP contribution < -0.4 is 20.7 Å². The molecule has 6 nitrogen and oxygen atoms in total. The number of carbonyl (C=O) groups is 2. The number of carbonyl (C=O) groups excluding carboxylic acids is 2. The molecule has 0 bridgehead atoms. The number of thiocarbonyl (C=S) groups is 1. The molecule has 0 heterocycles. The van der Waals surface area contributed by atoms with E-state index in [4.69, 9.17) is 17.0 Å². The van der Waals surface area contributed by atoms with Crippen LogP contribution in [0.1, 0.15) is 48.4 Å². The summed E-state index contributed by atoms with van der Waals surface area (Å²) >= 11 is 8.66. The highest BCUT2D eigenvalue weighted by Gasteiger charge is 2.12. The average Bonchev–Trinajstić information content (AvgIpc) is 2.66. The Balaban J connectivity index is 1.93. The minimum atomic E-state index is -0.337. The van der Waals surface area contributed by atoms with Gasteiger partial charge in [0.1, 0.15) is 5.75 Å². The molecule has 8 heteroatoms. The van der Waals surface area contributed by atoms with Crippen LogP contribution in [-0.2, 0) is 0 Å². The molecule has 0 spiro atoms. The lowest BCUT2D eigenvalue weighted by atomic mass is 10.2. The molecule has 0 fully saturated rings. The fourth-order valence-electron chi connectivity index (χ4n) is 2.40. The first-order chi connectivity index (χ1) is 14.2. The highest BCUT2D eigenvalue weighted by atomic mass is 79.9. The number of hydrogen-bond acceptors (Lipinski definition) is 4.